The van der Waals surface area contributed by atoms with Crippen molar-refractivity contribution in [3.05, 3.63) is 47.6 Å². The molecule has 0 bridgehead atoms. The molecule has 5 nitrogen and oxygen atoms in total. The largest absolute Gasteiger partial charge is 0.347 e. The lowest BCUT2D eigenvalue weighted by atomic mass is 10.0. The number of amides is 1. The molecule has 1 aliphatic heterocycles. The molecule has 2 aromatic heterocycles. The van der Waals surface area contributed by atoms with Crippen molar-refractivity contribution in [2.24, 2.45) is 5.92 Å². The van der Waals surface area contributed by atoms with Gasteiger partial charge in [0.15, 0.2) is 5.13 Å². The zero-order valence-electron chi connectivity index (χ0n) is 15.7. The summed E-state index contributed by atoms with van der Waals surface area (Å²) in [6, 6.07) is 10.3. The number of nitrogens with zero attached hydrogens (tertiary/aromatic N) is 3. The highest BCUT2D eigenvalue weighted by molar-refractivity contribution is 7.13. The van der Waals surface area contributed by atoms with Crippen LogP contribution in [0.2, 0.25) is 0 Å². The number of thiazole rings is 1. The van der Waals surface area contributed by atoms with Crippen LogP contribution in [0.4, 0.5) is 5.13 Å². The van der Waals surface area contributed by atoms with E-state index in [9.17, 15) is 4.79 Å². The van der Waals surface area contributed by atoms with Crippen molar-refractivity contribution in [2.75, 3.05) is 18.4 Å². The summed E-state index contributed by atoms with van der Waals surface area (Å²) in [4.78, 5) is 19.4. The molecule has 1 atom stereocenters. The quantitative estimate of drug-likeness (QED) is 0.689. The predicted molar refractivity (Wildman–Crippen MR) is 111 cm³/mol. The molecule has 0 spiro atoms. The third-order valence-corrected chi connectivity index (χ3v) is 5.99. The number of para-hydroxylation sites is 1. The molecule has 1 fully saturated rings. The summed E-state index contributed by atoms with van der Waals surface area (Å²) in [6.07, 6.45) is 5.07. The first-order valence-electron chi connectivity index (χ1n) is 9.68. The third kappa shape index (κ3) is 4.57. The van der Waals surface area contributed by atoms with Gasteiger partial charge in [0.05, 0.1) is 5.69 Å². The highest BCUT2D eigenvalue weighted by atomic mass is 32.1. The van der Waals surface area contributed by atoms with Crippen LogP contribution in [0.1, 0.15) is 31.9 Å². The first-order chi connectivity index (χ1) is 13.2. The van der Waals surface area contributed by atoms with Gasteiger partial charge in [0, 0.05) is 43.1 Å². The molecule has 0 aliphatic carbocycles. The van der Waals surface area contributed by atoms with Crippen LogP contribution in [0.15, 0.2) is 41.9 Å². The van der Waals surface area contributed by atoms with Crippen molar-refractivity contribution in [1.82, 2.24) is 14.5 Å². The number of carbonyl (C=O) groups excluding carboxylic acids is 1. The second kappa shape index (κ2) is 8.23. The minimum atomic E-state index is 0.0141. The van der Waals surface area contributed by atoms with E-state index in [1.807, 2.05) is 18.3 Å². The predicted octanol–water partition coefficient (Wildman–Crippen LogP) is 4.36. The number of hydrogen-bond acceptors (Lipinski definition) is 4. The Morgan fingerprint density at radius 3 is 3.11 bits per heavy atom. The Morgan fingerprint density at radius 2 is 2.22 bits per heavy atom. The van der Waals surface area contributed by atoms with Gasteiger partial charge in [-0.2, -0.15) is 0 Å². The molecule has 1 unspecified atom stereocenters. The van der Waals surface area contributed by atoms with Gasteiger partial charge in [0.1, 0.15) is 0 Å². The molecular formula is C21H26N4OS. The molecule has 0 saturated carbocycles. The number of likely N-dealkylation sites (tertiary alicyclic amines) is 1. The van der Waals surface area contributed by atoms with Gasteiger partial charge in [-0.3, -0.25) is 9.69 Å². The van der Waals surface area contributed by atoms with Gasteiger partial charge in [-0.15, -0.1) is 11.3 Å². The average Bonchev–Trinajstić information content (AvgIpc) is 3.27. The average molecular weight is 383 g/mol. The number of hydrogen-bond donors (Lipinski definition) is 1. The van der Waals surface area contributed by atoms with Gasteiger partial charge in [-0.1, -0.05) is 25.1 Å². The van der Waals surface area contributed by atoms with Gasteiger partial charge < -0.3 is 9.88 Å². The van der Waals surface area contributed by atoms with E-state index >= 15 is 0 Å². The van der Waals surface area contributed by atoms with E-state index in [4.69, 9.17) is 0 Å². The van der Waals surface area contributed by atoms with E-state index in [1.165, 1.54) is 29.6 Å². The summed E-state index contributed by atoms with van der Waals surface area (Å²) in [5, 5.41) is 6.93. The number of anilines is 1. The monoisotopic (exact) mass is 382 g/mol. The molecule has 27 heavy (non-hydrogen) atoms. The van der Waals surface area contributed by atoms with Crippen LogP contribution in [-0.2, 0) is 17.9 Å². The van der Waals surface area contributed by atoms with E-state index in [2.05, 4.69) is 50.3 Å². The lowest BCUT2D eigenvalue weighted by molar-refractivity contribution is -0.116. The van der Waals surface area contributed by atoms with Crippen LogP contribution in [0, 0.1) is 5.92 Å². The SMILES string of the molecule is CC1CCCN(Cc2csc(NC(=O)CCn3ccc4ccccc43)n2)C1. The van der Waals surface area contributed by atoms with Gasteiger partial charge in [-0.05, 0) is 42.8 Å². The second-order valence-corrected chi connectivity index (χ2v) is 8.35. The summed E-state index contributed by atoms with van der Waals surface area (Å²) < 4.78 is 2.12. The lowest BCUT2D eigenvalue weighted by Gasteiger charge is -2.30. The molecule has 6 heteroatoms. The van der Waals surface area contributed by atoms with Gasteiger partial charge in [-0.25, -0.2) is 4.98 Å². The topological polar surface area (TPSA) is 50.2 Å². The zero-order valence-corrected chi connectivity index (χ0v) is 16.5. The Hall–Kier alpha value is -2.18. The fourth-order valence-electron chi connectivity index (χ4n) is 3.84. The molecule has 1 saturated heterocycles. The van der Waals surface area contributed by atoms with E-state index in [0.29, 0.717) is 18.1 Å². The minimum absolute atomic E-state index is 0.0141. The van der Waals surface area contributed by atoms with Crippen molar-refractivity contribution < 1.29 is 4.79 Å². The molecule has 1 amide bonds. The van der Waals surface area contributed by atoms with E-state index in [1.54, 1.807) is 0 Å². The van der Waals surface area contributed by atoms with Crippen LogP contribution in [-0.4, -0.2) is 33.4 Å². The van der Waals surface area contributed by atoms with Crippen molar-refractivity contribution in [1.29, 1.82) is 0 Å². The molecule has 142 valence electrons. The normalized spacial score (nSPS) is 18.0. The van der Waals surface area contributed by atoms with Crippen LogP contribution in [0.25, 0.3) is 10.9 Å². The van der Waals surface area contributed by atoms with E-state index < -0.39 is 0 Å². The standard InChI is InChI=1S/C21H26N4OS/c1-16-5-4-10-24(13-16)14-18-15-27-21(22-18)23-20(26)9-12-25-11-8-17-6-2-3-7-19(17)25/h2-3,6-8,11,15-16H,4-5,9-10,12-14H2,1H3,(H,22,23,26). The maximum Gasteiger partial charge on any atom is 0.227 e. The summed E-state index contributed by atoms with van der Waals surface area (Å²) in [7, 11) is 0. The fraction of sp³-hybridized carbons (Fsp3) is 0.429. The number of benzene rings is 1. The number of fused-ring (bicyclic) bond motifs is 1. The Labute approximate surface area is 164 Å². The van der Waals surface area contributed by atoms with Gasteiger partial charge >= 0.3 is 0 Å². The second-order valence-electron chi connectivity index (χ2n) is 7.49. The summed E-state index contributed by atoms with van der Waals surface area (Å²) in [5.74, 6) is 0.779. The number of aromatic nitrogens is 2. The number of carbonyl (C=O) groups is 1. The third-order valence-electron chi connectivity index (χ3n) is 5.18. The minimum Gasteiger partial charge on any atom is -0.347 e. The smallest absolute Gasteiger partial charge is 0.227 e. The molecule has 0 radical (unpaired) electrons. The number of rotatable bonds is 6. The number of nitrogens with one attached hydrogen (secondary N) is 1. The number of aryl methyl sites for hydroxylation is 1. The van der Waals surface area contributed by atoms with Crippen LogP contribution in [0.5, 0.6) is 0 Å². The summed E-state index contributed by atoms with van der Waals surface area (Å²) in [5.41, 5.74) is 2.22. The maximum atomic E-state index is 12.3. The summed E-state index contributed by atoms with van der Waals surface area (Å²) in [6.45, 7) is 6.15. The Balaban J connectivity index is 1.29. The number of piperidine rings is 1. The van der Waals surface area contributed by atoms with Crippen molar-refractivity contribution in [3.63, 3.8) is 0 Å². The lowest BCUT2D eigenvalue weighted by Crippen LogP contribution is -2.33. The maximum absolute atomic E-state index is 12.3. The Morgan fingerprint density at radius 1 is 1.33 bits per heavy atom. The van der Waals surface area contributed by atoms with Crippen molar-refractivity contribution >= 4 is 33.3 Å². The van der Waals surface area contributed by atoms with E-state index in [-0.39, 0.29) is 5.91 Å². The molecular weight excluding hydrogens is 356 g/mol. The molecule has 1 aromatic carbocycles. The van der Waals surface area contributed by atoms with Crippen LogP contribution >= 0.6 is 11.3 Å². The van der Waals surface area contributed by atoms with Crippen LogP contribution in [0.3, 0.4) is 0 Å². The van der Waals surface area contributed by atoms with Crippen LogP contribution < -0.4 is 5.32 Å². The molecule has 1 aliphatic rings. The first kappa shape index (κ1) is 18.2. The zero-order chi connectivity index (χ0) is 18.6. The van der Waals surface area contributed by atoms with E-state index in [0.717, 1.165) is 36.8 Å². The van der Waals surface area contributed by atoms with Crippen molar-refractivity contribution in [3.8, 4) is 0 Å². The summed E-state index contributed by atoms with van der Waals surface area (Å²) >= 11 is 1.52. The highest BCUT2D eigenvalue weighted by Gasteiger charge is 2.17. The Bertz CT molecular complexity index is 916. The fourth-order valence-corrected chi connectivity index (χ4v) is 4.55. The highest BCUT2D eigenvalue weighted by Crippen LogP contribution is 2.21. The van der Waals surface area contributed by atoms with Gasteiger partial charge in [0.2, 0.25) is 5.91 Å². The molecule has 1 N–H and O–H groups in total. The molecule has 3 heterocycles. The molecule has 3 aromatic rings. The Kier molecular flexibility index (Phi) is 5.55. The first-order valence-corrected chi connectivity index (χ1v) is 10.6. The van der Waals surface area contributed by atoms with Crippen molar-refractivity contribution in [2.45, 2.75) is 39.3 Å². The van der Waals surface area contributed by atoms with Gasteiger partial charge in [0.25, 0.3) is 0 Å². The molecule has 4 rings (SSSR count).